The van der Waals surface area contributed by atoms with Gasteiger partial charge in [0.2, 0.25) is 5.91 Å². The first-order valence-corrected chi connectivity index (χ1v) is 4.94. The molecule has 0 aliphatic carbocycles. The highest BCUT2D eigenvalue weighted by molar-refractivity contribution is 5.77. The Morgan fingerprint density at radius 3 is 2.67 bits per heavy atom. The van der Waals surface area contributed by atoms with Crippen molar-refractivity contribution in [2.24, 2.45) is 0 Å². The van der Waals surface area contributed by atoms with Gasteiger partial charge in [0.15, 0.2) is 0 Å². The second-order valence-electron chi connectivity index (χ2n) is 3.33. The zero-order valence-electron chi connectivity index (χ0n) is 8.70. The van der Waals surface area contributed by atoms with Crippen molar-refractivity contribution in [1.29, 1.82) is 0 Å². The van der Waals surface area contributed by atoms with Crippen LogP contribution >= 0.6 is 0 Å². The van der Waals surface area contributed by atoms with Crippen molar-refractivity contribution >= 4 is 11.6 Å². The number of nitrogen functional groups attached to an aromatic ring is 1. The monoisotopic (exact) mass is 204 g/mol. The fourth-order valence-corrected chi connectivity index (χ4v) is 1.23. The van der Waals surface area contributed by atoms with E-state index in [0.29, 0.717) is 13.0 Å². The summed E-state index contributed by atoms with van der Waals surface area (Å²) in [6.45, 7) is 4.15. The van der Waals surface area contributed by atoms with Gasteiger partial charge in [-0.25, -0.2) is 0 Å². The highest BCUT2D eigenvalue weighted by Gasteiger charge is 1.97. The molecule has 1 amide bonds. The Morgan fingerprint density at radius 1 is 1.40 bits per heavy atom. The maximum Gasteiger partial charge on any atom is 0.223 e. The molecule has 3 nitrogen and oxygen atoms in total. The van der Waals surface area contributed by atoms with E-state index in [1.807, 2.05) is 24.3 Å². The molecule has 0 heterocycles. The molecule has 1 aromatic carbocycles. The van der Waals surface area contributed by atoms with E-state index in [9.17, 15) is 4.79 Å². The van der Waals surface area contributed by atoms with Gasteiger partial charge in [-0.1, -0.05) is 18.2 Å². The minimum atomic E-state index is 0.0143. The van der Waals surface area contributed by atoms with Crippen LogP contribution in [0, 0.1) is 0 Å². The Hall–Kier alpha value is -1.77. The largest absolute Gasteiger partial charge is 0.399 e. The number of nitrogens with two attached hydrogens (primary N) is 1. The van der Waals surface area contributed by atoms with Gasteiger partial charge in [0.25, 0.3) is 0 Å². The normalized spacial score (nSPS) is 9.60. The van der Waals surface area contributed by atoms with Crippen molar-refractivity contribution in [3.8, 4) is 0 Å². The smallest absolute Gasteiger partial charge is 0.223 e. The molecule has 0 aromatic heterocycles. The summed E-state index contributed by atoms with van der Waals surface area (Å²) in [7, 11) is 0. The van der Waals surface area contributed by atoms with Crippen LogP contribution in [0.5, 0.6) is 0 Å². The third-order valence-electron chi connectivity index (χ3n) is 2.05. The molecule has 80 valence electrons. The average molecular weight is 204 g/mol. The summed E-state index contributed by atoms with van der Waals surface area (Å²) in [4.78, 5) is 11.1. The van der Waals surface area contributed by atoms with Crippen LogP contribution in [0.2, 0.25) is 0 Å². The number of carbonyl (C=O) groups excluding carboxylic acids is 1. The Balaban J connectivity index is 2.28. The molecule has 0 aliphatic heterocycles. The molecule has 1 aromatic rings. The number of carbonyl (C=O) groups is 1. The van der Waals surface area contributed by atoms with Crippen LogP contribution in [0.25, 0.3) is 0 Å². The molecule has 15 heavy (non-hydrogen) atoms. The topological polar surface area (TPSA) is 55.1 Å². The summed E-state index contributed by atoms with van der Waals surface area (Å²) in [5, 5.41) is 2.81. The van der Waals surface area contributed by atoms with Crippen molar-refractivity contribution < 1.29 is 4.79 Å². The van der Waals surface area contributed by atoms with Gasteiger partial charge in [0.05, 0.1) is 0 Å². The van der Waals surface area contributed by atoms with E-state index >= 15 is 0 Å². The Morgan fingerprint density at radius 2 is 2.07 bits per heavy atom. The van der Waals surface area contributed by atoms with Crippen LogP contribution in [0.4, 0.5) is 5.69 Å². The van der Waals surface area contributed by atoms with E-state index in [4.69, 9.17) is 5.73 Å². The first-order chi connectivity index (χ1) is 7.22. The zero-order chi connectivity index (χ0) is 11.1. The molecule has 0 atom stereocenters. The van der Waals surface area contributed by atoms with Crippen molar-refractivity contribution in [2.45, 2.75) is 12.8 Å². The number of amides is 1. The number of hydrogen-bond donors (Lipinski definition) is 2. The lowest BCUT2D eigenvalue weighted by atomic mass is 10.1. The molecular formula is C12H16N2O. The van der Waals surface area contributed by atoms with Gasteiger partial charge >= 0.3 is 0 Å². The second kappa shape index (κ2) is 5.86. The highest BCUT2D eigenvalue weighted by Crippen LogP contribution is 2.05. The summed E-state index contributed by atoms with van der Waals surface area (Å²) < 4.78 is 0. The maximum absolute atomic E-state index is 11.1. The van der Waals surface area contributed by atoms with E-state index < -0.39 is 0 Å². The molecule has 3 heteroatoms. The molecule has 3 N–H and O–H groups in total. The summed E-state index contributed by atoms with van der Waals surface area (Å²) in [5.41, 5.74) is 7.49. The minimum Gasteiger partial charge on any atom is -0.399 e. The van der Waals surface area contributed by atoms with Crippen molar-refractivity contribution in [3.05, 3.63) is 42.5 Å². The molecule has 0 fully saturated rings. The summed E-state index contributed by atoms with van der Waals surface area (Å²) in [5.74, 6) is 0.0143. The van der Waals surface area contributed by atoms with Crippen molar-refractivity contribution in [1.82, 2.24) is 5.32 Å². The van der Waals surface area contributed by atoms with E-state index in [1.54, 1.807) is 6.08 Å². The lowest BCUT2D eigenvalue weighted by molar-refractivity contribution is -0.120. The molecular weight excluding hydrogens is 188 g/mol. The van der Waals surface area contributed by atoms with Crippen LogP contribution in [0.15, 0.2) is 36.9 Å². The van der Waals surface area contributed by atoms with Gasteiger partial charge in [-0.3, -0.25) is 4.79 Å². The van der Waals surface area contributed by atoms with Gasteiger partial charge in [0.1, 0.15) is 0 Å². The number of nitrogens with one attached hydrogen (secondary N) is 1. The average Bonchev–Trinajstić information content (AvgIpc) is 2.21. The van der Waals surface area contributed by atoms with Gasteiger partial charge in [-0.05, 0) is 24.1 Å². The first-order valence-electron chi connectivity index (χ1n) is 4.94. The van der Waals surface area contributed by atoms with Crippen LogP contribution in [-0.2, 0) is 11.2 Å². The number of hydrogen-bond acceptors (Lipinski definition) is 2. The molecule has 0 saturated carbocycles. The van der Waals surface area contributed by atoms with Crippen LogP contribution in [-0.4, -0.2) is 12.5 Å². The number of rotatable bonds is 5. The summed E-state index contributed by atoms with van der Waals surface area (Å²) >= 11 is 0. The lowest BCUT2D eigenvalue weighted by Gasteiger charge is -2.04. The third kappa shape index (κ3) is 4.31. The zero-order valence-corrected chi connectivity index (χ0v) is 8.70. The van der Waals surface area contributed by atoms with Crippen LogP contribution in [0.3, 0.4) is 0 Å². The van der Waals surface area contributed by atoms with Gasteiger partial charge in [-0.2, -0.15) is 0 Å². The fraction of sp³-hybridized carbons (Fsp3) is 0.250. The highest BCUT2D eigenvalue weighted by atomic mass is 16.1. The van der Waals surface area contributed by atoms with E-state index in [2.05, 4.69) is 11.9 Å². The van der Waals surface area contributed by atoms with Gasteiger partial charge in [-0.15, -0.1) is 6.58 Å². The minimum absolute atomic E-state index is 0.0143. The lowest BCUT2D eigenvalue weighted by Crippen LogP contribution is -2.24. The third-order valence-corrected chi connectivity index (χ3v) is 2.05. The van der Waals surface area contributed by atoms with Crippen molar-refractivity contribution in [3.63, 3.8) is 0 Å². The van der Waals surface area contributed by atoms with Crippen molar-refractivity contribution in [2.75, 3.05) is 12.3 Å². The quantitative estimate of drug-likeness (QED) is 0.564. The predicted molar refractivity (Wildman–Crippen MR) is 62.4 cm³/mol. The number of anilines is 1. The number of benzene rings is 1. The molecule has 0 aliphatic rings. The molecule has 0 saturated heterocycles. The molecule has 0 spiro atoms. The standard InChI is InChI=1S/C12H16N2O/c1-2-3-12(15)14-9-8-10-4-6-11(13)7-5-10/h2,4-7H,1,3,8-9,13H2,(H,14,15). The molecule has 0 bridgehead atoms. The van der Waals surface area contributed by atoms with E-state index in [0.717, 1.165) is 12.1 Å². The Kier molecular flexibility index (Phi) is 4.41. The molecule has 0 radical (unpaired) electrons. The Labute approximate surface area is 90.0 Å². The van der Waals surface area contributed by atoms with E-state index in [-0.39, 0.29) is 5.91 Å². The fourth-order valence-electron chi connectivity index (χ4n) is 1.23. The SMILES string of the molecule is C=CCC(=O)NCCc1ccc(N)cc1. The van der Waals surface area contributed by atoms with Crippen LogP contribution in [0.1, 0.15) is 12.0 Å². The van der Waals surface area contributed by atoms with Gasteiger partial charge < -0.3 is 11.1 Å². The maximum atomic E-state index is 11.1. The summed E-state index contributed by atoms with van der Waals surface area (Å²) in [6.07, 6.45) is 2.80. The molecule has 0 unspecified atom stereocenters. The van der Waals surface area contributed by atoms with E-state index in [1.165, 1.54) is 5.56 Å². The first kappa shape index (κ1) is 11.3. The van der Waals surface area contributed by atoms with Crippen LogP contribution < -0.4 is 11.1 Å². The Bertz CT molecular complexity index is 330. The molecule has 1 rings (SSSR count). The second-order valence-corrected chi connectivity index (χ2v) is 3.33. The van der Waals surface area contributed by atoms with Gasteiger partial charge in [0, 0.05) is 18.7 Å². The predicted octanol–water partition coefficient (Wildman–Crippen LogP) is 1.50. The summed E-state index contributed by atoms with van der Waals surface area (Å²) in [6, 6.07) is 7.66.